The van der Waals surface area contributed by atoms with E-state index in [0.29, 0.717) is 22.6 Å². The second kappa shape index (κ2) is 6.74. The third-order valence-corrected chi connectivity index (χ3v) is 3.01. The standard InChI is InChI=1S/C16H16FNO3/c1-20-13-7-12(8-14(9-13)21-2)16(19)18-10-11-5-3-4-6-15(11)17/h3-9H,10H2,1-2H3,(H,18,19). The van der Waals surface area contributed by atoms with E-state index in [0.717, 1.165) is 0 Å². The minimum absolute atomic E-state index is 0.116. The summed E-state index contributed by atoms with van der Waals surface area (Å²) in [6, 6.07) is 11.2. The molecule has 0 unspecified atom stereocenters. The van der Waals surface area contributed by atoms with Gasteiger partial charge in [0.05, 0.1) is 14.2 Å². The van der Waals surface area contributed by atoms with Gasteiger partial charge in [0.25, 0.3) is 5.91 Å². The third-order valence-electron chi connectivity index (χ3n) is 3.01. The molecule has 0 aromatic heterocycles. The Kier molecular flexibility index (Phi) is 4.77. The lowest BCUT2D eigenvalue weighted by molar-refractivity contribution is 0.0950. The fourth-order valence-electron chi connectivity index (χ4n) is 1.86. The van der Waals surface area contributed by atoms with Crippen LogP contribution in [-0.2, 0) is 6.54 Å². The molecule has 21 heavy (non-hydrogen) atoms. The topological polar surface area (TPSA) is 47.6 Å². The zero-order valence-corrected chi connectivity index (χ0v) is 11.9. The number of rotatable bonds is 5. The molecule has 1 amide bonds. The molecule has 0 spiro atoms. The number of methoxy groups -OCH3 is 2. The molecular formula is C16H16FNO3. The van der Waals surface area contributed by atoms with Gasteiger partial charge in [0.1, 0.15) is 17.3 Å². The predicted molar refractivity (Wildman–Crippen MR) is 77.1 cm³/mol. The van der Waals surface area contributed by atoms with Crippen LogP contribution in [0, 0.1) is 5.82 Å². The number of carbonyl (C=O) groups excluding carboxylic acids is 1. The zero-order chi connectivity index (χ0) is 15.2. The van der Waals surface area contributed by atoms with Crippen LogP contribution in [0.15, 0.2) is 42.5 Å². The van der Waals surface area contributed by atoms with E-state index in [-0.39, 0.29) is 18.3 Å². The van der Waals surface area contributed by atoms with Crippen molar-refractivity contribution in [2.24, 2.45) is 0 Å². The number of hydrogen-bond donors (Lipinski definition) is 1. The maximum absolute atomic E-state index is 13.5. The highest BCUT2D eigenvalue weighted by molar-refractivity contribution is 5.95. The molecule has 2 rings (SSSR count). The normalized spacial score (nSPS) is 10.0. The first kappa shape index (κ1) is 14.8. The summed E-state index contributed by atoms with van der Waals surface area (Å²) < 4.78 is 23.7. The average molecular weight is 289 g/mol. The van der Waals surface area contributed by atoms with Crippen LogP contribution in [0.1, 0.15) is 15.9 Å². The van der Waals surface area contributed by atoms with Gasteiger partial charge in [0, 0.05) is 23.7 Å². The summed E-state index contributed by atoms with van der Waals surface area (Å²) in [5.41, 5.74) is 0.822. The molecule has 0 saturated carbocycles. The average Bonchev–Trinajstić information content (AvgIpc) is 2.53. The first-order valence-electron chi connectivity index (χ1n) is 6.38. The Morgan fingerprint density at radius 1 is 1.10 bits per heavy atom. The van der Waals surface area contributed by atoms with Crippen molar-refractivity contribution in [3.8, 4) is 11.5 Å². The maximum atomic E-state index is 13.5. The molecule has 0 heterocycles. The molecule has 0 bridgehead atoms. The van der Waals surface area contributed by atoms with Gasteiger partial charge in [-0.15, -0.1) is 0 Å². The van der Waals surface area contributed by atoms with Crippen molar-refractivity contribution in [1.82, 2.24) is 5.32 Å². The fourth-order valence-corrected chi connectivity index (χ4v) is 1.86. The van der Waals surface area contributed by atoms with Crippen molar-refractivity contribution in [1.29, 1.82) is 0 Å². The van der Waals surface area contributed by atoms with Gasteiger partial charge >= 0.3 is 0 Å². The maximum Gasteiger partial charge on any atom is 0.251 e. The van der Waals surface area contributed by atoms with E-state index in [1.807, 2.05) is 0 Å². The van der Waals surface area contributed by atoms with Gasteiger partial charge < -0.3 is 14.8 Å². The van der Waals surface area contributed by atoms with Crippen molar-refractivity contribution in [2.75, 3.05) is 14.2 Å². The molecule has 5 heteroatoms. The molecule has 2 aromatic carbocycles. The SMILES string of the molecule is COc1cc(OC)cc(C(=O)NCc2ccccc2F)c1. The zero-order valence-electron chi connectivity index (χ0n) is 11.9. The largest absolute Gasteiger partial charge is 0.497 e. The molecule has 4 nitrogen and oxygen atoms in total. The number of benzene rings is 2. The van der Waals surface area contributed by atoms with Crippen LogP contribution in [0.4, 0.5) is 4.39 Å². The van der Waals surface area contributed by atoms with E-state index >= 15 is 0 Å². The number of halogens is 1. The summed E-state index contributed by atoms with van der Waals surface area (Å²) in [6.07, 6.45) is 0. The lowest BCUT2D eigenvalue weighted by atomic mass is 10.1. The highest BCUT2D eigenvalue weighted by Crippen LogP contribution is 2.22. The smallest absolute Gasteiger partial charge is 0.251 e. The minimum Gasteiger partial charge on any atom is -0.497 e. The monoisotopic (exact) mass is 289 g/mol. The van der Waals surface area contributed by atoms with Crippen molar-refractivity contribution in [3.63, 3.8) is 0 Å². The number of carbonyl (C=O) groups is 1. The Bertz CT molecular complexity index is 621. The third kappa shape index (κ3) is 3.72. The molecule has 0 atom stereocenters. The van der Waals surface area contributed by atoms with Crippen LogP contribution in [0.25, 0.3) is 0 Å². The van der Waals surface area contributed by atoms with Crippen molar-refractivity contribution >= 4 is 5.91 Å². The summed E-state index contributed by atoms with van der Waals surface area (Å²) in [6.45, 7) is 0.116. The van der Waals surface area contributed by atoms with Gasteiger partial charge in [0.15, 0.2) is 0 Å². The van der Waals surface area contributed by atoms with Gasteiger partial charge in [-0.25, -0.2) is 4.39 Å². The molecule has 0 saturated heterocycles. The van der Waals surface area contributed by atoms with Gasteiger partial charge in [-0.05, 0) is 18.2 Å². The van der Waals surface area contributed by atoms with E-state index in [2.05, 4.69) is 5.32 Å². The molecule has 0 radical (unpaired) electrons. The van der Waals surface area contributed by atoms with Crippen LogP contribution >= 0.6 is 0 Å². The number of ether oxygens (including phenoxy) is 2. The van der Waals surface area contributed by atoms with Crippen molar-refractivity contribution < 1.29 is 18.7 Å². The number of nitrogens with one attached hydrogen (secondary N) is 1. The van der Waals surface area contributed by atoms with E-state index in [1.165, 1.54) is 20.3 Å². The molecule has 0 aliphatic carbocycles. The van der Waals surface area contributed by atoms with Crippen LogP contribution < -0.4 is 14.8 Å². The van der Waals surface area contributed by atoms with Crippen molar-refractivity contribution in [2.45, 2.75) is 6.54 Å². The van der Waals surface area contributed by atoms with E-state index < -0.39 is 0 Å². The first-order valence-corrected chi connectivity index (χ1v) is 6.38. The molecule has 110 valence electrons. The molecule has 0 fully saturated rings. The number of hydrogen-bond acceptors (Lipinski definition) is 3. The molecule has 0 aliphatic heterocycles. The van der Waals surface area contributed by atoms with Crippen LogP contribution in [0.5, 0.6) is 11.5 Å². The summed E-state index contributed by atoms with van der Waals surface area (Å²) >= 11 is 0. The van der Waals surface area contributed by atoms with Crippen LogP contribution in [0.3, 0.4) is 0 Å². The van der Waals surface area contributed by atoms with E-state index in [4.69, 9.17) is 9.47 Å². The Hall–Kier alpha value is -2.56. The fraction of sp³-hybridized carbons (Fsp3) is 0.188. The molecule has 2 aromatic rings. The summed E-state index contributed by atoms with van der Waals surface area (Å²) in [4.78, 5) is 12.1. The Morgan fingerprint density at radius 3 is 2.29 bits per heavy atom. The lowest BCUT2D eigenvalue weighted by Gasteiger charge is -2.09. The van der Waals surface area contributed by atoms with Gasteiger partial charge in [-0.1, -0.05) is 18.2 Å². The first-order chi connectivity index (χ1) is 10.1. The Labute approximate surface area is 122 Å². The van der Waals surface area contributed by atoms with E-state index in [9.17, 15) is 9.18 Å². The summed E-state index contributed by atoms with van der Waals surface area (Å²) in [5, 5.41) is 2.67. The minimum atomic E-state index is -0.346. The lowest BCUT2D eigenvalue weighted by Crippen LogP contribution is -2.23. The van der Waals surface area contributed by atoms with Gasteiger partial charge in [-0.2, -0.15) is 0 Å². The summed E-state index contributed by atoms with van der Waals surface area (Å²) in [7, 11) is 3.02. The molecule has 1 N–H and O–H groups in total. The summed E-state index contributed by atoms with van der Waals surface area (Å²) in [5.74, 6) is 0.368. The van der Waals surface area contributed by atoms with Gasteiger partial charge in [0.2, 0.25) is 0 Å². The van der Waals surface area contributed by atoms with E-state index in [1.54, 1.807) is 36.4 Å². The van der Waals surface area contributed by atoms with Crippen LogP contribution in [0.2, 0.25) is 0 Å². The van der Waals surface area contributed by atoms with Crippen LogP contribution in [-0.4, -0.2) is 20.1 Å². The van der Waals surface area contributed by atoms with Crippen molar-refractivity contribution in [3.05, 3.63) is 59.4 Å². The second-order valence-corrected chi connectivity index (χ2v) is 4.38. The van der Waals surface area contributed by atoms with Gasteiger partial charge in [-0.3, -0.25) is 4.79 Å². The Morgan fingerprint density at radius 2 is 1.71 bits per heavy atom. The molecule has 0 aliphatic rings. The second-order valence-electron chi connectivity index (χ2n) is 4.38. The highest BCUT2D eigenvalue weighted by atomic mass is 19.1. The predicted octanol–water partition coefficient (Wildman–Crippen LogP) is 2.77. The Balaban J connectivity index is 2.11. The highest BCUT2D eigenvalue weighted by Gasteiger charge is 2.10. The molecular weight excluding hydrogens is 273 g/mol. The quantitative estimate of drug-likeness (QED) is 0.920. The number of amides is 1.